The van der Waals surface area contributed by atoms with Gasteiger partial charge in [-0.1, -0.05) is 0 Å². The maximum atomic E-state index is 12.3. The third kappa shape index (κ3) is 4.88. The molecule has 0 fully saturated rings. The van der Waals surface area contributed by atoms with E-state index in [9.17, 15) is 34.8 Å². The van der Waals surface area contributed by atoms with Gasteiger partial charge in [0.15, 0.2) is 0 Å². The van der Waals surface area contributed by atoms with Gasteiger partial charge in [-0.2, -0.15) is 34.8 Å². The van der Waals surface area contributed by atoms with Gasteiger partial charge in [0.1, 0.15) is 0 Å². The second-order valence-corrected chi connectivity index (χ2v) is 4.64. The van der Waals surface area contributed by atoms with E-state index in [2.05, 4.69) is 0 Å². The predicted octanol–water partition coefficient (Wildman–Crippen LogP) is 1.79. The van der Waals surface area contributed by atoms with Crippen LogP contribution in [0, 0.1) is 0 Å². The zero-order valence-electron chi connectivity index (χ0n) is 8.17. The zero-order chi connectivity index (χ0) is 14.4. The van der Waals surface area contributed by atoms with Crippen molar-refractivity contribution in [2.45, 2.75) is 17.2 Å². The van der Waals surface area contributed by atoms with Gasteiger partial charge in [-0.25, -0.2) is 0 Å². The molecule has 1 aromatic rings. The SMILES string of the molecule is O=S(=O)(O)c1cc(C(F)(F)F)cc(C(F)(F)F)c1.[InH3]. The summed E-state index contributed by atoms with van der Waals surface area (Å²) in [5.74, 6) is 0. The molecule has 0 radical (unpaired) electrons. The Morgan fingerprint density at radius 2 is 1.16 bits per heavy atom. The molecule has 0 amide bonds. The molecule has 11 heteroatoms. The number of hydrogen-bond donors (Lipinski definition) is 1. The Bertz CT molecular complexity index is 531. The fourth-order valence-corrected chi connectivity index (χ4v) is 1.63. The summed E-state index contributed by atoms with van der Waals surface area (Å²) in [7, 11) is -5.17. The Balaban J connectivity index is 0.00000324. The molecule has 0 unspecified atom stereocenters. The summed E-state index contributed by atoms with van der Waals surface area (Å²) in [4.78, 5) is -1.47. The van der Waals surface area contributed by atoms with Crippen molar-refractivity contribution in [3.05, 3.63) is 29.3 Å². The molecule has 0 bridgehead atoms. The average Bonchev–Trinajstić information content (AvgIpc) is 2.13. The second-order valence-electron chi connectivity index (χ2n) is 3.22. The third-order valence-electron chi connectivity index (χ3n) is 1.86. The van der Waals surface area contributed by atoms with Gasteiger partial charge in [0.25, 0.3) is 10.1 Å². The first-order chi connectivity index (χ1) is 7.82. The molecule has 19 heavy (non-hydrogen) atoms. The quantitative estimate of drug-likeness (QED) is 0.566. The van der Waals surface area contributed by atoms with Gasteiger partial charge in [0.05, 0.1) is 16.0 Å². The molecule has 108 valence electrons. The number of alkyl halides is 6. The third-order valence-corrected chi connectivity index (χ3v) is 2.69. The molecule has 0 saturated heterocycles. The van der Waals surface area contributed by atoms with Crippen LogP contribution in [-0.4, -0.2) is 38.8 Å². The molecular formula is C8H7F6InO3S. The normalized spacial score (nSPS) is 13.0. The van der Waals surface area contributed by atoms with E-state index in [1.807, 2.05) is 0 Å². The Morgan fingerprint density at radius 3 is 1.37 bits per heavy atom. The summed E-state index contributed by atoms with van der Waals surface area (Å²) in [6, 6.07) is -0.399. The van der Waals surface area contributed by atoms with Gasteiger partial charge in [-0.3, -0.25) is 4.55 Å². The van der Waals surface area contributed by atoms with Crippen LogP contribution in [0.2, 0.25) is 0 Å². The van der Waals surface area contributed by atoms with Gasteiger partial charge >= 0.3 is 38.2 Å². The van der Waals surface area contributed by atoms with Gasteiger partial charge < -0.3 is 0 Å². The molecule has 0 heterocycles. The molecule has 0 atom stereocenters. The predicted molar refractivity (Wildman–Crippen MR) is 56.2 cm³/mol. The van der Waals surface area contributed by atoms with E-state index in [4.69, 9.17) is 4.55 Å². The van der Waals surface area contributed by atoms with E-state index >= 15 is 0 Å². The molecular weight excluding hydrogens is 405 g/mol. The maximum absolute atomic E-state index is 12.3. The van der Waals surface area contributed by atoms with Crippen molar-refractivity contribution in [2.75, 3.05) is 0 Å². The van der Waals surface area contributed by atoms with Gasteiger partial charge in [-0.15, -0.1) is 0 Å². The molecule has 1 rings (SSSR count). The molecule has 1 aromatic carbocycles. The molecule has 3 nitrogen and oxygen atoms in total. The Kier molecular flexibility index (Phi) is 5.40. The monoisotopic (exact) mass is 412 g/mol. The minimum atomic E-state index is -5.17. The summed E-state index contributed by atoms with van der Waals surface area (Å²) in [5, 5.41) is 0. The Morgan fingerprint density at radius 1 is 0.842 bits per heavy atom. The summed E-state index contributed by atoms with van der Waals surface area (Å²) >= 11 is 0. The first-order valence-corrected chi connectivity index (χ1v) is 5.53. The van der Waals surface area contributed by atoms with E-state index in [-0.39, 0.29) is 44.0 Å². The summed E-state index contributed by atoms with van der Waals surface area (Å²) in [6.45, 7) is 0. The van der Waals surface area contributed by atoms with E-state index in [0.29, 0.717) is 0 Å². The van der Waals surface area contributed by atoms with E-state index in [1.54, 1.807) is 0 Å². The Labute approximate surface area is 122 Å². The van der Waals surface area contributed by atoms with Gasteiger partial charge in [0, 0.05) is 0 Å². The van der Waals surface area contributed by atoms with E-state index in [0.717, 1.165) is 0 Å². The van der Waals surface area contributed by atoms with Crippen LogP contribution in [0.5, 0.6) is 0 Å². The molecule has 0 aromatic heterocycles. The van der Waals surface area contributed by atoms with Crippen LogP contribution in [-0.2, 0) is 22.5 Å². The topological polar surface area (TPSA) is 54.4 Å². The average molecular weight is 412 g/mol. The fraction of sp³-hybridized carbons (Fsp3) is 0.250. The zero-order valence-corrected chi connectivity index (χ0v) is 8.99. The van der Waals surface area contributed by atoms with Crippen molar-refractivity contribution in [3.8, 4) is 0 Å². The van der Waals surface area contributed by atoms with Crippen LogP contribution in [0.25, 0.3) is 0 Å². The van der Waals surface area contributed by atoms with E-state index in [1.165, 1.54) is 0 Å². The molecule has 0 spiro atoms. The number of hydrogen-bond acceptors (Lipinski definition) is 2. The summed E-state index contributed by atoms with van der Waals surface area (Å²) in [6.07, 6.45) is -10.3. The number of halogens is 6. The first-order valence-electron chi connectivity index (χ1n) is 4.09. The van der Waals surface area contributed by atoms with Crippen LogP contribution in [0.15, 0.2) is 23.1 Å². The minimum absolute atomic E-state index is 0. The number of rotatable bonds is 1. The van der Waals surface area contributed by atoms with Crippen molar-refractivity contribution in [3.63, 3.8) is 0 Å². The standard InChI is InChI=1S/C8H4F6O3S.In.3H/c9-7(10,11)4-1-5(8(12,13)14)3-6(2-4)18(15,16)17;;;;/h1-3H,(H,15,16,17);;;;. The van der Waals surface area contributed by atoms with Crippen molar-refractivity contribution in [1.82, 2.24) is 0 Å². The second kappa shape index (κ2) is 5.52. The van der Waals surface area contributed by atoms with E-state index < -0.39 is 38.5 Å². The molecule has 0 aliphatic heterocycles. The fourth-order valence-electron chi connectivity index (χ4n) is 1.08. The molecule has 1 N–H and O–H groups in total. The van der Waals surface area contributed by atoms with Crippen LogP contribution in [0.4, 0.5) is 26.3 Å². The van der Waals surface area contributed by atoms with Crippen LogP contribution in [0.1, 0.15) is 11.1 Å². The van der Waals surface area contributed by atoms with Crippen molar-refractivity contribution in [2.24, 2.45) is 0 Å². The summed E-state index contributed by atoms with van der Waals surface area (Å²) < 4.78 is 103. The van der Waals surface area contributed by atoms with Crippen LogP contribution >= 0.6 is 0 Å². The molecule has 0 saturated carbocycles. The van der Waals surface area contributed by atoms with Crippen molar-refractivity contribution < 1.29 is 39.3 Å². The van der Waals surface area contributed by atoms with Gasteiger partial charge in [0.2, 0.25) is 0 Å². The summed E-state index contributed by atoms with van der Waals surface area (Å²) in [5.41, 5.74) is -3.63. The number of benzene rings is 1. The van der Waals surface area contributed by atoms with Gasteiger partial charge in [-0.05, 0) is 18.2 Å². The van der Waals surface area contributed by atoms with Crippen molar-refractivity contribution >= 4 is 36.0 Å². The molecule has 0 aliphatic carbocycles. The van der Waals surface area contributed by atoms with Crippen molar-refractivity contribution in [1.29, 1.82) is 0 Å². The Hall–Kier alpha value is -0.420. The van der Waals surface area contributed by atoms with Crippen LogP contribution in [0.3, 0.4) is 0 Å². The first kappa shape index (κ1) is 18.6. The van der Waals surface area contributed by atoms with Crippen LogP contribution < -0.4 is 0 Å². The molecule has 0 aliphatic rings.